The van der Waals surface area contributed by atoms with Crippen molar-refractivity contribution in [2.45, 2.75) is 71.4 Å². The average molecular weight is 423 g/mol. The van der Waals surface area contributed by atoms with E-state index in [9.17, 15) is 13.2 Å². The van der Waals surface area contributed by atoms with E-state index in [4.69, 9.17) is 4.74 Å². The minimum atomic E-state index is -3.59. The van der Waals surface area contributed by atoms with Gasteiger partial charge in [-0.05, 0) is 56.6 Å². The lowest BCUT2D eigenvalue weighted by Crippen LogP contribution is -2.47. The number of likely N-dealkylation sites (tertiary alicyclic amines) is 1. The Bertz CT molecular complexity index is 788. The van der Waals surface area contributed by atoms with E-state index < -0.39 is 15.8 Å². The fourth-order valence-corrected chi connectivity index (χ4v) is 5.64. The van der Waals surface area contributed by atoms with Gasteiger partial charge in [-0.25, -0.2) is 13.1 Å². The van der Waals surface area contributed by atoms with E-state index in [0.29, 0.717) is 31.8 Å². The van der Waals surface area contributed by atoms with Crippen LogP contribution in [0.4, 0.5) is 0 Å². The molecule has 1 saturated heterocycles. The van der Waals surface area contributed by atoms with Crippen molar-refractivity contribution in [1.29, 1.82) is 0 Å². The highest BCUT2D eigenvalue weighted by Gasteiger charge is 2.29. The third kappa shape index (κ3) is 6.19. The Morgan fingerprint density at radius 2 is 1.66 bits per heavy atom. The highest BCUT2D eigenvalue weighted by Crippen LogP contribution is 2.27. The normalized spacial score (nSPS) is 23.8. The molecule has 1 heterocycles. The fraction of sp³-hybridized carbons (Fsp3) is 0.682. The molecule has 162 valence electrons. The summed E-state index contributed by atoms with van der Waals surface area (Å²) >= 11 is 0. The molecule has 2 fully saturated rings. The van der Waals surface area contributed by atoms with E-state index in [-0.39, 0.29) is 18.1 Å². The van der Waals surface area contributed by atoms with Crippen LogP contribution >= 0.6 is 0 Å². The Morgan fingerprint density at radius 3 is 2.24 bits per heavy atom. The van der Waals surface area contributed by atoms with Crippen LogP contribution in [0.25, 0.3) is 0 Å². The number of hydrogen-bond donors (Lipinski definition) is 1. The summed E-state index contributed by atoms with van der Waals surface area (Å²) in [6.45, 7) is 7.33. The van der Waals surface area contributed by atoms with Crippen molar-refractivity contribution in [2.24, 2.45) is 5.92 Å². The summed E-state index contributed by atoms with van der Waals surface area (Å²) in [5.74, 6) is 0.809. The number of amides is 1. The van der Waals surface area contributed by atoms with Gasteiger partial charge in [0.1, 0.15) is 17.6 Å². The van der Waals surface area contributed by atoms with Gasteiger partial charge in [-0.2, -0.15) is 0 Å². The number of sulfonamides is 1. The predicted molar refractivity (Wildman–Crippen MR) is 114 cm³/mol. The van der Waals surface area contributed by atoms with Crippen LogP contribution in [0, 0.1) is 19.8 Å². The SMILES string of the molecule is Cc1cccc(C)c1OC1CCN(C(=O)CS(=O)(=O)NC2CCC(C)CC2)CC1. The van der Waals surface area contributed by atoms with E-state index in [1.54, 1.807) is 4.90 Å². The number of hydrogen-bond acceptors (Lipinski definition) is 4. The first-order valence-electron chi connectivity index (χ1n) is 10.7. The molecule has 6 nitrogen and oxygen atoms in total. The largest absolute Gasteiger partial charge is 0.490 e. The zero-order valence-corrected chi connectivity index (χ0v) is 18.6. The summed E-state index contributed by atoms with van der Waals surface area (Å²) < 4.78 is 33.8. The van der Waals surface area contributed by atoms with Crippen LogP contribution < -0.4 is 9.46 Å². The maximum absolute atomic E-state index is 12.5. The van der Waals surface area contributed by atoms with Gasteiger partial charge in [0.15, 0.2) is 0 Å². The molecule has 0 unspecified atom stereocenters. The summed E-state index contributed by atoms with van der Waals surface area (Å²) in [5.41, 5.74) is 2.22. The first-order chi connectivity index (χ1) is 13.7. The maximum Gasteiger partial charge on any atom is 0.239 e. The van der Waals surface area contributed by atoms with Crippen molar-refractivity contribution in [2.75, 3.05) is 18.8 Å². The Balaban J connectivity index is 1.47. The third-order valence-corrected chi connectivity index (χ3v) is 7.48. The molecule has 0 atom stereocenters. The fourth-order valence-electron chi connectivity index (χ4n) is 4.30. The van der Waals surface area contributed by atoms with E-state index >= 15 is 0 Å². The number of ether oxygens (including phenoxy) is 1. The maximum atomic E-state index is 12.5. The summed E-state index contributed by atoms with van der Waals surface area (Å²) in [4.78, 5) is 14.2. The molecule has 1 aromatic carbocycles. The molecule has 1 saturated carbocycles. The van der Waals surface area contributed by atoms with Gasteiger partial charge in [0.2, 0.25) is 15.9 Å². The van der Waals surface area contributed by atoms with Crippen LogP contribution in [0.3, 0.4) is 0 Å². The first kappa shape index (κ1) is 22.1. The van der Waals surface area contributed by atoms with Crippen molar-refractivity contribution in [1.82, 2.24) is 9.62 Å². The van der Waals surface area contributed by atoms with Crippen molar-refractivity contribution in [3.05, 3.63) is 29.3 Å². The minimum absolute atomic E-state index is 0.0273. The van der Waals surface area contributed by atoms with E-state index in [0.717, 1.165) is 42.6 Å². The molecule has 1 aromatic rings. The van der Waals surface area contributed by atoms with Crippen LogP contribution in [0.5, 0.6) is 5.75 Å². The molecule has 1 aliphatic carbocycles. The smallest absolute Gasteiger partial charge is 0.239 e. The standard InChI is InChI=1S/C22H34N2O4S/c1-16-7-9-19(10-8-16)23-29(26,27)15-21(25)24-13-11-20(12-14-24)28-22-17(2)5-4-6-18(22)3/h4-6,16,19-20,23H,7-15H2,1-3H3. The van der Waals surface area contributed by atoms with Crippen LogP contribution in [0.1, 0.15) is 56.6 Å². The van der Waals surface area contributed by atoms with Gasteiger partial charge in [0, 0.05) is 32.0 Å². The minimum Gasteiger partial charge on any atom is -0.490 e. The molecule has 0 radical (unpaired) electrons. The highest BCUT2D eigenvalue weighted by molar-refractivity contribution is 7.90. The van der Waals surface area contributed by atoms with Crippen LogP contribution in [0.2, 0.25) is 0 Å². The van der Waals surface area contributed by atoms with E-state index in [1.807, 2.05) is 32.0 Å². The number of rotatable bonds is 6. The second-order valence-electron chi connectivity index (χ2n) is 8.75. The highest BCUT2D eigenvalue weighted by atomic mass is 32.2. The topological polar surface area (TPSA) is 75.7 Å². The first-order valence-corrected chi connectivity index (χ1v) is 12.4. The summed E-state index contributed by atoms with van der Waals surface area (Å²) in [6, 6.07) is 6.05. The zero-order valence-electron chi connectivity index (χ0n) is 17.8. The molecule has 0 aromatic heterocycles. The lowest BCUT2D eigenvalue weighted by Gasteiger charge is -2.33. The summed E-state index contributed by atoms with van der Waals surface area (Å²) in [5, 5.41) is 0. The van der Waals surface area contributed by atoms with Crippen molar-refractivity contribution < 1.29 is 17.9 Å². The number of nitrogens with zero attached hydrogens (tertiary/aromatic N) is 1. The average Bonchev–Trinajstić information content (AvgIpc) is 2.66. The summed E-state index contributed by atoms with van der Waals surface area (Å²) in [6.07, 6.45) is 5.27. The number of benzene rings is 1. The molecule has 3 rings (SSSR count). The number of para-hydroxylation sites is 1. The molecule has 7 heteroatoms. The van der Waals surface area contributed by atoms with Gasteiger partial charge in [-0.15, -0.1) is 0 Å². The molecule has 1 N–H and O–H groups in total. The Labute approximate surface area is 175 Å². The van der Waals surface area contributed by atoms with Gasteiger partial charge < -0.3 is 9.64 Å². The third-order valence-electron chi connectivity index (χ3n) is 6.16. The van der Waals surface area contributed by atoms with E-state index in [1.165, 1.54) is 0 Å². The zero-order chi connectivity index (χ0) is 21.0. The van der Waals surface area contributed by atoms with Crippen molar-refractivity contribution >= 4 is 15.9 Å². The van der Waals surface area contributed by atoms with Gasteiger partial charge in [-0.3, -0.25) is 4.79 Å². The second-order valence-corrected chi connectivity index (χ2v) is 10.5. The lowest BCUT2D eigenvalue weighted by molar-refractivity contribution is -0.130. The van der Waals surface area contributed by atoms with Gasteiger partial charge in [-0.1, -0.05) is 25.1 Å². The molecule has 2 aliphatic rings. The monoisotopic (exact) mass is 422 g/mol. The Kier molecular flexibility index (Phi) is 7.22. The molecular formula is C22H34N2O4S. The molecule has 1 aliphatic heterocycles. The summed E-state index contributed by atoms with van der Waals surface area (Å²) in [7, 11) is -3.59. The number of aryl methyl sites for hydroxylation is 2. The van der Waals surface area contributed by atoms with Crippen LogP contribution in [0.15, 0.2) is 18.2 Å². The van der Waals surface area contributed by atoms with E-state index in [2.05, 4.69) is 11.6 Å². The van der Waals surface area contributed by atoms with Crippen molar-refractivity contribution in [3.63, 3.8) is 0 Å². The number of carbonyl (C=O) groups excluding carboxylic acids is 1. The molecular weight excluding hydrogens is 388 g/mol. The Morgan fingerprint density at radius 1 is 1.07 bits per heavy atom. The number of nitrogens with one attached hydrogen (secondary N) is 1. The quantitative estimate of drug-likeness (QED) is 0.764. The lowest BCUT2D eigenvalue weighted by atomic mass is 9.88. The van der Waals surface area contributed by atoms with Gasteiger partial charge in [0.25, 0.3) is 0 Å². The van der Waals surface area contributed by atoms with Gasteiger partial charge >= 0.3 is 0 Å². The molecule has 29 heavy (non-hydrogen) atoms. The number of carbonyl (C=O) groups is 1. The second kappa shape index (κ2) is 9.47. The predicted octanol–water partition coefficient (Wildman–Crippen LogP) is 3.17. The Hall–Kier alpha value is -1.60. The number of piperidine rings is 1. The molecule has 0 spiro atoms. The van der Waals surface area contributed by atoms with Crippen LogP contribution in [-0.2, 0) is 14.8 Å². The molecule has 0 bridgehead atoms. The van der Waals surface area contributed by atoms with Crippen molar-refractivity contribution in [3.8, 4) is 5.75 Å². The molecule has 1 amide bonds. The van der Waals surface area contributed by atoms with Gasteiger partial charge in [0.05, 0.1) is 0 Å². The van der Waals surface area contributed by atoms with Crippen LogP contribution in [-0.4, -0.2) is 50.2 Å².